The lowest BCUT2D eigenvalue weighted by atomic mass is 10.2. The summed E-state index contributed by atoms with van der Waals surface area (Å²) in [6, 6.07) is 7.23. The fraction of sp³-hybridized carbons (Fsp3) is 0.438. The topological polar surface area (TPSA) is 73.4 Å². The fourth-order valence-electron chi connectivity index (χ4n) is 2.77. The van der Waals surface area contributed by atoms with E-state index in [9.17, 15) is 9.59 Å². The van der Waals surface area contributed by atoms with Crippen molar-refractivity contribution in [2.75, 3.05) is 33.2 Å². The first-order valence-electron chi connectivity index (χ1n) is 7.99. The zero-order valence-corrected chi connectivity index (χ0v) is 14.4. The Kier molecular flexibility index (Phi) is 5.08. The van der Waals surface area contributed by atoms with Crippen LogP contribution in [0, 0.1) is 4.77 Å². The van der Waals surface area contributed by atoms with E-state index in [1.807, 2.05) is 23.2 Å². The molecule has 1 aliphatic rings. The number of carbonyl (C=O) groups excluding carboxylic acids is 1. The van der Waals surface area contributed by atoms with Gasteiger partial charge in [-0.2, -0.15) is 0 Å². The van der Waals surface area contributed by atoms with Crippen LogP contribution >= 0.6 is 12.2 Å². The van der Waals surface area contributed by atoms with Crippen LogP contribution in [0.4, 0.5) is 0 Å². The number of H-pyrrole nitrogens is 1. The molecule has 0 radical (unpaired) electrons. The largest absolute Gasteiger partial charge is 0.332 e. The maximum Gasteiger partial charge on any atom is 0.262 e. The molecule has 3 rings (SSSR count). The van der Waals surface area contributed by atoms with Gasteiger partial charge in [-0.05, 0) is 31.4 Å². The van der Waals surface area contributed by atoms with Gasteiger partial charge in [0.15, 0.2) is 4.77 Å². The molecule has 1 aliphatic heterocycles. The minimum absolute atomic E-state index is 0.103. The molecule has 24 heavy (non-hydrogen) atoms. The third-order valence-corrected chi connectivity index (χ3v) is 4.56. The van der Waals surface area contributed by atoms with Gasteiger partial charge in [-0.1, -0.05) is 12.1 Å². The van der Waals surface area contributed by atoms with Crippen molar-refractivity contribution >= 4 is 29.0 Å². The summed E-state index contributed by atoms with van der Waals surface area (Å²) in [7, 11) is 2.06. The lowest BCUT2D eigenvalue weighted by Crippen LogP contribution is -2.52. The summed E-state index contributed by atoms with van der Waals surface area (Å²) in [6.45, 7) is 3.72. The van der Waals surface area contributed by atoms with Crippen LogP contribution in [0.1, 0.15) is 6.42 Å². The van der Waals surface area contributed by atoms with E-state index in [1.165, 1.54) is 4.57 Å². The van der Waals surface area contributed by atoms with Crippen LogP contribution in [0.2, 0.25) is 0 Å². The smallest absolute Gasteiger partial charge is 0.262 e. The third-order valence-electron chi connectivity index (χ3n) is 4.24. The van der Waals surface area contributed by atoms with E-state index in [0.717, 1.165) is 26.2 Å². The summed E-state index contributed by atoms with van der Waals surface area (Å²) >= 11 is 5.25. The van der Waals surface area contributed by atoms with E-state index < -0.39 is 0 Å². The molecule has 7 nitrogen and oxygen atoms in total. The maximum absolute atomic E-state index is 12.5. The molecule has 1 fully saturated rings. The predicted octanol–water partition coefficient (Wildman–Crippen LogP) is 0.728. The number of carbonyl (C=O) groups is 1. The highest BCUT2D eigenvalue weighted by Crippen LogP contribution is 2.06. The predicted molar refractivity (Wildman–Crippen MR) is 95.2 cm³/mol. The summed E-state index contributed by atoms with van der Waals surface area (Å²) < 4.78 is 1.78. The van der Waals surface area contributed by atoms with E-state index in [1.54, 1.807) is 6.07 Å². The standard InChI is InChI=1S/C16H21N5O2S/c1-19-8-10-20(11-9-19)18-14(22)6-7-21-15(23)12-4-2-3-5-13(12)17-16(21)24/h2-5H,6-11H2,1H3,(H,17,24)(H,18,22). The van der Waals surface area contributed by atoms with Crippen LogP contribution in [-0.2, 0) is 11.3 Å². The Morgan fingerprint density at radius 3 is 2.71 bits per heavy atom. The first kappa shape index (κ1) is 16.8. The summed E-state index contributed by atoms with van der Waals surface area (Å²) in [5.74, 6) is -0.103. The van der Waals surface area contributed by atoms with E-state index >= 15 is 0 Å². The Balaban J connectivity index is 1.66. The van der Waals surface area contributed by atoms with Gasteiger partial charge in [-0.25, -0.2) is 5.01 Å². The van der Waals surface area contributed by atoms with Crippen LogP contribution in [0.25, 0.3) is 10.9 Å². The van der Waals surface area contributed by atoms with Crippen molar-refractivity contribution in [1.29, 1.82) is 0 Å². The Bertz CT molecular complexity index is 851. The molecule has 0 bridgehead atoms. The van der Waals surface area contributed by atoms with E-state index in [-0.39, 0.29) is 24.4 Å². The molecule has 0 aliphatic carbocycles. The first-order valence-corrected chi connectivity index (χ1v) is 8.40. The number of benzene rings is 1. The second-order valence-electron chi connectivity index (χ2n) is 6.01. The van der Waals surface area contributed by atoms with E-state index in [2.05, 4.69) is 22.4 Å². The van der Waals surface area contributed by atoms with Crippen molar-refractivity contribution < 1.29 is 4.79 Å². The molecular weight excluding hydrogens is 326 g/mol. The highest BCUT2D eigenvalue weighted by atomic mass is 32.1. The average Bonchev–Trinajstić information content (AvgIpc) is 2.57. The number of amides is 1. The minimum Gasteiger partial charge on any atom is -0.332 e. The Morgan fingerprint density at radius 1 is 1.25 bits per heavy atom. The Labute approximate surface area is 144 Å². The number of likely N-dealkylation sites (N-methyl/N-ethyl adjacent to an activating group) is 1. The number of hydrogen-bond donors (Lipinski definition) is 2. The van der Waals surface area contributed by atoms with Crippen molar-refractivity contribution in [1.82, 2.24) is 24.9 Å². The summed E-state index contributed by atoms with van der Waals surface area (Å²) in [5.41, 5.74) is 3.44. The molecule has 0 saturated carbocycles. The minimum atomic E-state index is -0.165. The molecule has 2 N–H and O–H groups in total. The third kappa shape index (κ3) is 3.72. The molecule has 1 aromatic carbocycles. The monoisotopic (exact) mass is 347 g/mol. The fourth-order valence-corrected chi connectivity index (χ4v) is 3.05. The number of rotatable bonds is 4. The van der Waals surface area contributed by atoms with Gasteiger partial charge >= 0.3 is 0 Å². The van der Waals surface area contributed by atoms with Gasteiger partial charge in [0.25, 0.3) is 5.56 Å². The number of fused-ring (bicyclic) bond motifs is 1. The zero-order valence-electron chi connectivity index (χ0n) is 13.6. The van der Waals surface area contributed by atoms with Gasteiger partial charge < -0.3 is 9.88 Å². The normalized spacial score (nSPS) is 16.4. The van der Waals surface area contributed by atoms with Crippen LogP contribution < -0.4 is 11.0 Å². The number of aromatic nitrogens is 2. The van der Waals surface area contributed by atoms with Crippen LogP contribution in [-0.4, -0.2) is 58.6 Å². The summed E-state index contributed by atoms with van der Waals surface area (Å²) in [6.07, 6.45) is 0.210. The molecule has 2 heterocycles. The molecule has 1 amide bonds. The van der Waals surface area contributed by atoms with Crippen molar-refractivity contribution in [2.24, 2.45) is 0 Å². The number of para-hydroxylation sites is 1. The van der Waals surface area contributed by atoms with Crippen molar-refractivity contribution in [3.05, 3.63) is 39.4 Å². The molecule has 1 saturated heterocycles. The number of hydrazine groups is 1. The second kappa shape index (κ2) is 7.25. The van der Waals surface area contributed by atoms with Crippen LogP contribution in [0.3, 0.4) is 0 Å². The van der Waals surface area contributed by atoms with Gasteiger partial charge in [0.05, 0.1) is 10.9 Å². The molecule has 0 unspecified atom stereocenters. The Hall–Kier alpha value is -2.03. The van der Waals surface area contributed by atoms with Crippen LogP contribution in [0.15, 0.2) is 29.1 Å². The van der Waals surface area contributed by atoms with Crippen LogP contribution in [0.5, 0.6) is 0 Å². The van der Waals surface area contributed by atoms with Gasteiger partial charge in [-0.3, -0.25) is 19.6 Å². The summed E-state index contributed by atoms with van der Waals surface area (Å²) in [5, 5.41) is 2.50. The number of hydrogen-bond acceptors (Lipinski definition) is 5. The summed E-state index contributed by atoms with van der Waals surface area (Å²) in [4.78, 5) is 29.9. The van der Waals surface area contributed by atoms with Gasteiger partial charge in [0.2, 0.25) is 5.91 Å². The average molecular weight is 347 g/mol. The quantitative estimate of drug-likeness (QED) is 0.798. The molecule has 0 spiro atoms. The van der Waals surface area contributed by atoms with Crippen molar-refractivity contribution in [3.8, 4) is 0 Å². The first-order chi connectivity index (χ1) is 11.5. The Morgan fingerprint density at radius 2 is 1.96 bits per heavy atom. The van der Waals surface area contributed by atoms with E-state index in [4.69, 9.17) is 12.2 Å². The second-order valence-corrected chi connectivity index (χ2v) is 6.39. The number of aromatic amines is 1. The zero-order chi connectivity index (χ0) is 17.1. The van der Waals surface area contributed by atoms with Gasteiger partial charge in [-0.15, -0.1) is 0 Å². The highest BCUT2D eigenvalue weighted by molar-refractivity contribution is 7.71. The molecule has 0 atom stereocenters. The van der Waals surface area contributed by atoms with Gasteiger partial charge in [0, 0.05) is 39.1 Å². The van der Waals surface area contributed by atoms with Gasteiger partial charge in [0.1, 0.15) is 0 Å². The molecule has 128 valence electrons. The number of nitrogens with one attached hydrogen (secondary N) is 2. The SMILES string of the molecule is CN1CCN(NC(=O)CCn2c(=S)[nH]c3ccccc3c2=O)CC1. The highest BCUT2D eigenvalue weighted by Gasteiger charge is 2.16. The van der Waals surface area contributed by atoms with Crippen molar-refractivity contribution in [2.45, 2.75) is 13.0 Å². The van der Waals surface area contributed by atoms with Crippen molar-refractivity contribution in [3.63, 3.8) is 0 Å². The molecule has 2 aromatic rings. The lowest BCUT2D eigenvalue weighted by Gasteiger charge is -2.32. The number of nitrogens with zero attached hydrogens (tertiary/aromatic N) is 3. The molecular formula is C16H21N5O2S. The number of piperazine rings is 1. The van der Waals surface area contributed by atoms with E-state index in [0.29, 0.717) is 15.7 Å². The molecule has 1 aromatic heterocycles. The maximum atomic E-state index is 12.5. The molecule has 8 heteroatoms. The lowest BCUT2D eigenvalue weighted by molar-refractivity contribution is -0.126.